The number of nitrogens with one attached hydrogen (secondary N) is 1. The third-order valence-electron chi connectivity index (χ3n) is 5.55. The maximum Gasteiger partial charge on any atom is 0.345 e. The first kappa shape index (κ1) is 22.9. The normalized spacial score (nSPS) is 12.0. The standard InChI is InChI=1S/C22H31NO5Si/c1-22(2,3)29(6,7)28-13-12-19-16(15-10-8-9-11-18(15)23-19)14-17(20(24)26-4)21(25)27-5/h8-11,14,23H,12-13H2,1-7H3. The summed E-state index contributed by atoms with van der Waals surface area (Å²) in [5.74, 6) is -1.46. The Balaban J connectivity index is 2.43. The van der Waals surface area contributed by atoms with Crippen LogP contribution in [0.5, 0.6) is 0 Å². The molecular weight excluding hydrogens is 386 g/mol. The average Bonchev–Trinajstić information content (AvgIpc) is 3.01. The molecule has 0 bridgehead atoms. The molecule has 0 atom stereocenters. The summed E-state index contributed by atoms with van der Waals surface area (Å²) in [5.41, 5.74) is 2.45. The second-order valence-electron chi connectivity index (χ2n) is 8.46. The largest absolute Gasteiger partial charge is 0.465 e. The molecular formula is C22H31NO5Si. The van der Waals surface area contributed by atoms with Gasteiger partial charge in [-0.3, -0.25) is 0 Å². The molecule has 0 fully saturated rings. The first-order valence-corrected chi connectivity index (χ1v) is 12.5. The van der Waals surface area contributed by atoms with Gasteiger partial charge in [0.05, 0.1) is 14.2 Å². The zero-order chi connectivity index (χ0) is 21.8. The van der Waals surface area contributed by atoms with E-state index in [1.807, 2.05) is 24.3 Å². The highest BCUT2D eigenvalue weighted by Gasteiger charge is 2.37. The molecule has 0 spiro atoms. The molecule has 0 aliphatic rings. The van der Waals surface area contributed by atoms with Crippen LogP contribution in [0, 0.1) is 0 Å². The van der Waals surface area contributed by atoms with Crippen LogP contribution in [-0.4, -0.2) is 46.1 Å². The van der Waals surface area contributed by atoms with Gasteiger partial charge < -0.3 is 18.9 Å². The Kier molecular flexibility index (Phi) is 7.08. The van der Waals surface area contributed by atoms with Crippen LogP contribution in [0.25, 0.3) is 17.0 Å². The maximum absolute atomic E-state index is 12.1. The van der Waals surface area contributed by atoms with Gasteiger partial charge in [0.15, 0.2) is 8.32 Å². The topological polar surface area (TPSA) is 77.6 Å². The molecule has 2 rings (SSSR count). The van der Waals surface area contributed by atoms with Gasteiger partial charge in [0, 0.05) is 35.2 Å². The predicted molar refractivity (Wildman–Crippen MR) is 117 cm³/mol. The number of para-hydroxylation sites is 1. The van der Waals surface area contributed by atoms with Crippen molar-refractivity contribution in [1.29, 1.82) is 0 Å². The highest BCUT2D eigenvalue weighted by Crippen LogP contribution is 2.36. The zero-order valence-electron chi connectivity index (χ0n) is 18.3. The fraction of sp³-hybridized carbons (Fsp3) is 0.455. The van der Waals surface area contributed by atoms with E-state index >= 15 is 0 Å². The lowest BCUT2D eigenvalue weighted by Crippen LogP contribution is -2.41. The number of aromatic nitrogens is 1. The van der Waals surface area contributed by atoms with Gasteiger partial charge in [-0.25, -0.2) is 9.59 Å². The van der Waals surface area contributed by atoms with Gasteiger partial charge in [0.2, 0.25) is 0 Å². The van der Waals surface area contributed by atoms with E-state index in [1.54, 1.807) is 0 Å². The van der Waals surface area contributed by atoms with Crippen molar-refractivity contribution in [2.45, 2.75) is 45.3 Å². The number of aromatic amines is 1. The highest BCUT2D eigenvalue weighted by atomic mass is 28.4. The van der Waals surface area contributed by atoms with E-state index in [9.17, 15) is 9.59 Å². The summed E-state index contributed by atoms with van der Waals surface area (Å²) >= 11 is 0. The number of ether oxygens (including phenoxy) is 2. The molecule has 1 aromatic carbocycles. The number of H-pyrrole nitrogens is 1. The van der Waals surface area contributed by atoms with E-state index in [2.05, 4.69) is 38.8 Å². The minimum absolute atomic E-state index is 0.124. The Hall–Kier alpha value is -2.38. The maximum atomic E-state index is 12.1. The van der Waals surface area contributed by atoms with E-state index < -0.39 is 20.3 Å². The zero-order valence-corrected chi connectivity index (χ0v) is 19.3. The number of rotatable bonds is 7. The Morgan fingerprint density at radius 2 is 1.66 bits per heavy atom. The molecule has 1 heterocycles. The van der Waals surface area contributed by atoms with E-state index in [4.69, 9.17) is 13.9 Å². The fourth-order valence-corrected chi connectivity index (χ4v) is 3.82. The number of benzene rings is 1. The van der Waals surface area contributed by atoms with Crippen LogP contribution in [-0.2, 0) is 29.9 Å². The van der Waals surface area contributed by atoms with Crippen molar-refractivity contribution in [1.82, 2.24) is 4.98 Å². The van der Waals surface area contributed by atoms with Crippen LogP contribution in [0.15, 0.2) is 29.8 Å². The van der Waals surface area contributed by atoms with Gasteiger partial charge in [-0.15, -0.1) is 0 Å². The Morgan fingerprint density at radius 1 is 1.07 bits per heavy atom. The Labute approximate surface area is 173 Å². The predicted octanol–water partition coefficient (Wildman–Crippen LogP) is 4.46. The van der Waals surface area contributed by atoms with Crippen LogP contribution in [0.3, 0.4) is 0 Å². The molecule has 158 valence electrons. The summed E-state index contributed by atoms with van der Waals surface area (Å²) < 4.78 is 15.8. The van der Waals surface area contributed by atoms with Crippen molar-refractivity contribution in [2.24, 2.45) is 0 Å². The van der Waals surface area contributed by atoms with Gasteiger partial charge in [0.1, 0.15) is 5.57 Å². The molecule has 7 heteroatoms. The van der Waals surface area contributed by atoms with Crippen LogP contribution < -0.4 is 0 Å². The lowest BCUT2D eigenvalue weighted by atomic mass is 10.1. The molecule has 0 amide bonds. The van der Waals surface area contributed by atoms with Crippen molar-refractivity contribution in [3.05, 3.63) is 41.1 Å². The van der Waals surface area contributed by atoms with Gasteiger partial charge in [-0.2, -0.15) is 0 Å². The molecule has 0 aliphatic carbocycles. The van der Waals surface area contributed by atoms with Crippen LogP contribution >= 0.6 is 0 Å². The van der Waals surface area contributed by atoms with Crippen molar-refractivity contribution >= 4 is 37.2 Å². The fourth-order valence-electron chi connectivity index (χ4n) is 2.77. The summed E-state index contributed by atoms with van der Waals surface area (Å²) in [7, 11) is 0.605. The number of carbonyl (C=O) groups is 2. The van der Waals surface area contributed by atoms with E-state index in [0.717, 1.165) is 22.2 Å². The van der Waals surface area contributed by atoms with E-state index in [1.165, 1.54) is 20.3 Å². The summed E-state index contributed by atoms with van der Waals surface area (Å²) in [6, 6.07) is 7.76. The van der Waals surface area contributed by atoms with Crippen molar-refractivity contribution in [2.75, 3.05) is 20.8 Å². The van der Waals surface area contributed by atoms with Crippen LogP contribution in [0.4, 0.5) is 0 Å². The third kappa shape index (κ3) is 5.16. The third-order valence-corrected chi connectivity index (χ3v) is 10.1. The molecule has 0 radical (unpaired) electrons. The summed E-state index contributed by atoms with van der Waals surface area (Å²) in [4.78, 5) is 27.6. The quantitative estimate of drug-likeness (QED) is 0.237. The van der Waals surface area contributed by atoms with Crippen LogP contribution in [0.1, 0.15) is 32.0 Å². The molecule has 2 aromatic rings. The average molecular weight is 418 g/mol. The second-order valence-corrected chi connectivity index (χ2v) is 13.3. The Bertz CT molecular complexity index is 903. The summed E-state index contributed by atoms with van der Waals surface area (Å²) in [6.45, 7) is 11.6. The number of esters is 2. The number of hydrogen-bond donors (Lipinski definition) is 1. The summed E-state index contributed by atoms with van der Waals surface area (Å²) in [5, 5.41) is 1.04. The lowest BCUT2D eigenvalue weighted by Gasteiger charge is -2.36. The van der Waals surface area contributed by atoms with Gasteiger partial charge in [-0.05, 0) is 30.3 Å². The number of carbonyl (C=O) groups excluding carboxylic acids is 2. The first-order chi connectivity index (χ1) is 13.5. The van der Waals surface area contributed by atoms with E-state index in [-0.39, 0.29) is 10.6 Å². The second kappa shape index (κ2) is 8.96. The monoisotopic (exact) mass is 417 g/mol. The molecule has 0 saturated carbocycles. The number of methoxy groups -OCH3 is 2. The SMILES string of the molecule is COC(=O)C(=Cc1c(CCO[Si](C)(C)C(C)(C)C)[nH]c2ccccc12)C(=O)OC. The molecule has 0 saturated heterocycles. The minimum Gasteiger partial charge on any atom is -0.465 e. The van der Waals surface area contributed by atoms with Crippen LogP contribution in [0.2, 0.25) is 18.1 Å². The highest BCUT2D eigenvalue weighted by molar-refractivity contribution is 6.74. The van der Waals surface area contributed by atoms with Crippen molar-refractivity contribution in [3.8, 4) is 0 Å². The summed E-state index contributed by atoms with van der Waals surface area (Å²) in [6.07, 6.45) is 2.17. The van der Waals surface area contributed by atoms with Crippen molar-refractivity contribution in [3.63, 3.8) is 0 Å². The van der Waals surface area contributed by atoms with Gasteiger partial charge in [0.25, 0.3) is 0 Å². The van der Waals surface area contributed by atoms with Gasteiger partial charge in [-0.1, -0.05) is 39.0 Å². The number of hydrogen-bond acceptors (Lipinski definition) is 5. The molecule has 29 heavy (non-hydrogen) atoms. The van der Waals surface area contributed by atoms with Crippen molar-refractivity contribution < 1.29 is 23.5 Å². The molecule has 1 N–H and O–H groups in total. The Morgan fingerprint density at radius 3 is 2.21 bits per heavy atom. The molecule has 1 aromatic heterocycles. The first-order valence-electron chi connectivity index (χ1n) is 9.63. The van der Waals surface area contributed by atoms with E-state index in [0.29, 0.717) is 13.0 Å². The lowest BCUT2D eigenvalue weighted by molar-refractivity contribution is -0.143. The smallest absolute Gasteiger partial charge is 0.345 e. The molecule has 0 aliphatic heterocycles. The molecule has 6 nitrogen and oxygen atoms in total. The number of fused-ring (bicyclic) bond motifs is 1. The van der Waals surface area contributed by atoms with Gasteiger partial charge >= 0.3 is 11.9 Å². The molecule has 0 unspecified atom stereocenters. The minimum atomic E-state index is -1.87.